The molecular weight excluding hydrogens is 395 g/mol. The van der Waals surface area contributed by atoms with Crippen molar-refractivity contribution < 1.29 is 22.1 Å². The fourth-order valence-corrected chi connectivity index (χ4v) is 2.49. The van der Waals surface area contributed by atoms with Crippen LogP contribution in [0.5, 0.6) is 0 Å². The van der Waals surface area contributed by atoms with Gasteiger partial charge in [0.2, 0.25) is 0 Å². The number of carbonyl (C=O) groups excluding carboxylic acids is 1. The van der Waals surface area contributed by atoms with Crippen LogP contribution in [0.4, 0.5) is 13.2 Å². The van der Waals surface area contributed by atoms with Crippen LogP contribution in [0.1, 0.15) is 10.4 Å². The lowest BCUT2D eigenvalue weighted by Crippen LogP contribution is -2.25. The molecule has 11 heteroatoms. The van der Waals surface area contributed by atoms with Crippen molar-refractivity contribution in [2.75, 3.05) is 0 Å². The number of alkyl halides is 3. The third-order valence-electron chi connectivity index (χ3n) is 3.02. The second-order valence-corrected chi connectivity index (χ2v) is 6.10. The molecule has 0 bridgehead atoms. The molecule has 0 amide bonds. The molecule has 0 radical (unpaired) electrons. The van der Waals surface area contributed by atoms with E-state index in [-0.39, 0.29) is 29.3 Å². The summed E-state index contributed by atoms with van der Waals surface area (Å²) in [6.07, 6.45) is -3.57. The topological polar surface area (TPSA) is 86.7 Å². The minimum Gasteiger partial charge on any atom is -0.395 e. The van der Waals surface area contributed by atoms with Crippen LogP contribution in [0.15, 0.2) is 57.4 Å². The number of carbonyl (C=O) groups is 1. The van der Waals surface area contributed by atoms with Gasteiger partial charge in [-0.3, -0.25) is 9.59 Å². The molecule has 26 heavy (non-hydrogen) atoms. The molecule has 1 aromatic heterocycles. The van der Waals surface area contributed by atoms with Gasteiger partial charge in [-0.2, -0.15) is 13.2 Å². The molecule has 2 N–H and O–H groups in total. The van der Waals surface area contributed by atoms with Gasteiger partial charge in [0.25, 0.3) is 5.56 Å². The van der Waals surface area contributed by atoms with Crippen LogP contribution < -0.4 is 11.4 Å². The van der Waals surface area contributed by atoms with Gasteiger partial charge in [-0.1, -0.05) is 11.6 Å². The molecule has 1 heterocycles. The van der Waals surface area contributed by atoms with Gasteiger partial charge >= 0.3 is 12.1 Å². The average Bonchev–Trinajstić information content (AvgIpc) is 2.57. The quantitative estimate of drug-likeness (QED) is 0.206. The summed E-state index contributed by atoms with van der Waals surface area (Å²) < 4.78 is 42.8. The zero-order valence-electron chi connectivity index (χ0n) is 12.9. The molecule has 1 aromatic carbocycles. The van der Waals surface area contributed by atoms with E-state index in [9.17, 15) is 22.8 Å². The molecule has 0 aliphatic heterocycles. The van der Waals surface area contributed by atoms with E-state index in [4.69, 9.17) is 11.6 Å². The zero-order valence-corrected chi connectivity index (χ0v) is 14.4. The minimum atomic E-state index is -4.85. The number of hydrogen-bond acceptors (Lipinski definition) is 6. The van der Waals surface area contributed by atoms with Crippen molar-refractivity contribution in [3.05, 3.63) is 63.5 Å². The van der Waals surface area contributed by atoms with Gasteiger partial charge in [0, 0.05) is 22.8 Å². The standard InChI is InChI=1S/C15H11ClF3N3O3S/c16-10-3-1-9(2-4-10)12(23)8-22-6-5-11(7-13(22)24)26-25-14(21-20)15(17,18)19/h1-7H,8,20H2/b21-14-. The Morgan fingerprint density at radius 2 is 1.92 bits per heavy atom. The molecule has 0 spiro atoms. The van der Waals surface area contributed by atoms with Crippen molar-refractivity contribution in [2.24, 2.45) is 10.9 Å². The molecular formula is C15H11ClF3N3O3S. The predicted octanol–water partition coefficient (Wildman–Crippen LogP) is 3.24. The summed E-state index contributed by atoms with van der Waals surface area (Å²) in [7, 11) is 0. The first kappa shape index (κ1) is 19.9. The summed E-state index contributed by atoms with van der Waals surface area (Å²) in [4.78, 5) is 24.2. The third-order valence-corrected chi connectivity index (χ3v) is 3.96. The Bertz CT molecular complexity index is 882. The Labute approximate surface area is 154 Å². The normalized spacial score (nSPS) is 12.1. The van der Waals surface area contributed by atoms with Crippen molar-refractivity contribution in [3.63, 3.8) is 0 Å². The maximum Gasteiger partial charge on any atom is 0.471 e. The van der Waals surface area contributed by atoms with E-state index in [2.05, 4.69) is 15.1 Å². The van der Waals surface area contributed by atoms with Gasteiger partial charge in [0.1, 0.15) is 0 Å². The first-order chi connectivity index (χ1) is 12.2. The highest BCUT2D eigenvalue weighted by Crippen LogP contribution is 2.25. The fourth-order valence-electron chi connectivity index (χ4n) is 1.78. The first-order valence-electron chi connectivity index (χ1n) is 6.89. The Morgan fingerprint density at radius 3 is 2.46 bits per heavy atom. The van der Waals surface area contributed by atoms with Gasteiger partial charge in [-0.05, 0) is 30.3 Å². The molecule has 6 nitrogen and oxygen atoms in total. The Balaban J connectivity index is 2.06. The predicted molar refractivity (Wildman–Crippen MR) is 91.1 cm³/mol. The summed E-state index contributed by atoms with van der Waals surface area (Å²) in [6, 6.07) is 8.50. The second-order valence-electron chi connectivity index (χ2n) is 4.86. The minimum absolute atomic E-state index is 0.0931. The van der Waals surface area contributed by atoms with Gasteiger partial charge < -0.3 is 14.6 Å². The van der Waals surface area contributed by atoms with Gasteiger partial charge in [0.05, 0.1) is 23.5 Å². The molecule has 2 rings (SSSR count). The van der Waals surface area contributed by atoms with E-state index < -0.39 is 17.6 Å². The molecule has 0 saturated heterocycles. The number of rotatable bonds is 5. The van der Waals surface area contributed by atoms with Crippen LogP contribution in [0.3, 0.4) is 0 Å². The lowest BCUT2D eigenvalue weighted by atomic mass is 10.1. The van der Waals surface area contributed by atoms with Gasteiger partial charge in [-0.25, -0.2) is 0 Å². The van der Waals surface area contributed by atoms with E-state index in [1.54, 1.807) is 12.1 Å². The van der Waals surface area contributed by atoms with Crippen molar-refractivity contribution in [2.45, 2.75) is 17.6 Å². The number of nitrogens with two attached hydrogens (primary N) is 1. The molecule has 0 fully saturated rings. The molecule has 138 valence electrons. The lowest BCUT2D eigenvalue weighted by Gasteiger charge is -2.10. The SMILES string of the molecule is N/N=C(\OSc1ccn(CC(=O)c2ccc(Cl)cc2)c(=O)c1)C(F)(F)F. The summed E-state index contributed by atoms with van der Waals surface area (Å²) >= 11 is 6.02. The maximum atomic E-state index is 12.4. The third kappa shape index (κ3) is 5.27. The average molecular weight is 406 g/mol. The lowest BCUT2D eigenvalue weighted by molar-refractivity contribution is -0.0702. The van der Waals surface area contributed by atoms with Gasteiger partial charge in [0.15, 0.2) is 5.78 Å². The van der Waals surface area contributed by atoms with E-state index in [1.807, 2.05) is 0 Å². The van der Waals surface area contributed by atoms with Crippen molar-refractivity contribution >= 4 is 35.3 Å². The van der Waals surface area contributed by atoms with Gasteiger partial charge in [-0.15, -0.1) is 5.10 Å². The van der Waals surface area contributed by atoms with Crippen LogP contribution in [0, 0.1) is 0 Å². The van der Waals surface area contributed by atoms with E-state index >= 15 is 0 Å². The molecule has 2 aromatic rings. The van der Waals surface area contributed by atoms with Crippen LogP contribution in [0.2, 0.25) is 5.02 Å². The highest BCUT2D eigenvalue weighted by atomic mass is 35.5. The van der Waals surface area contributed by atoms with Crippen molar-refractivity contribution in [1.29, 1.82) is 0 Å². The number of halogens is 4. The maximum absolute atomic E-state index is 12.4. The summed E-state index contributed by atoms with van der Waals surface area (Å²) in [5, 5.41) is 2.98. The monoisotopic (exact) mass is 405 g/mol. The van der Waals surface area contributed by atoms with Crippen molar-refractivity contribution in [1.82, 2.24) is 4.57 Å². The van der Waals surface area contributed by atoms with Crippen molar-refractivity contribution in [3.8, 4) is 0 Å². The summed E-state index contributed by atoms with van der Waals surface area (Å²) in [5.74, 6) is 2.66. The van der Waals surface area contributed by atoms with E-state index in [0.717, 1.165) is 10.6 Å². The largest absolute Gasteiger partial charge is 0.471 e. The number of benzene rings is 1. The summed E-state index contributed by atoms with van der Waals surface area (Å²) in [6.45, 7) is -0.232. The number of hydrazone groups is 1. The molecule has 0 saturated carbocycles. The van der Waals surface area contributed by atoms with E-state index in [0.29, 0.717) is 10.6 Å². The second kappa shape index (κ2) is 8.28. The zero-order chi connectivity index (χ0) is 19.3. The Morgan fingerprint density at radius 1 is 1.27 bits per heavy atom. The fraction of sp³-hybridized carbons (Fsp3) is 0.133. The number of ketones is 1. The van der Waals surface area contributed by atoms with Crippen LogP contribution in [0.25, 0.3) is 0 Å². The summed E-state index contributed by atoms with van der Waals surface area (Å²) in [5.41, 5.74) is -0.212. The van der Waals surface area contributed by atoms with Crippen LogP contribution in [-0.4, -0.2) is 22.4 Å². The number of pyridine rings is 1. The Kier molecular flexibility index (Phi) is 6.32. The highest BCUT2D eigenvalue weighted by Gasteiger charge is 2.39. The molecule has 0 aliphatic carbocycles. The number of Topliss-reactive ketones (excluding diaryl/α,β-unsaturated/α-hetero) is 1. The number of nitrogens with zero attached hydrogens (tertiary/aromatic N) is 2. The van der Waals surface area contributed by atoms with E-state index in [1.165, 1.54) is 24.4 Å². The highest BCUT2D eigenvalue weighted by molar-refractivity contribution is 7.95. The molecule has 0 aliphatic rings. The van der Waals surface area contributed by atoms with Crippen LogP contribution >= 0.6 is 23.6 Å². The molecule has 0 unspecified atom stereocenters. The van der Waals surface area contributed by atoms with Crippen LogP contribution in [-0.2, 0) is 10.7 Å². The smallest absolute Gasteiger partial charge is 0.395 e. The first-order valence-corrected chi connectivity index (χ1v) is 8.01. The number of hydrogen-bond donors (Lipinski definition) is 1. The molecule has 0 atom stereocenters. The Hall–Kier alpha value is -2.46. The number of aromatic nitrogens is 1.